The number of hydrogen-bond donors (Lipinski definition) is 0. The van der Waals surface area contributed by atoms with Crippen LogP contribution in [0.25, 0.3) is 0 Å². The molecule has 4 rings (SSSR count). The summed E-state index contributed by atoms with van der Waals surface area (Å²) in [6, 6.07) is 8.76. The Morgan fingerprint density at radius 1 is 1.03 bits per heavy atom. The first kappa shape index (κ1) is 26.4. The molecule has 1 aromatic carbocycles. The summed E-state index contributed by atoms with van der Waals surface area (Å²) in [6.45, 7) is 7.93. The number of fused-ring (bicyclic) bond motifs is 1. The van der Waals surface area contributed by atoms with E-state index in [0.29, 0.717) is 5.57 Å². The molecule has 1 aromatic rings. The maximum absolute atomic E-state index is 12.9. The van der Waals surface area contributed by atoms with Crippen LogP contribution in [0.5, 0.6) is 0 Å². The number of ether oxygens (including phenoxy) is 1. The van der Waals surface area contributed by atoms with Crippen molar-refractivity contribution in [3.63, 3.8) is 0 Å². The van der Waals surface area contributed by atoms with Gasteiger partial charge in [0.15, 0.2) is 0 Å². The fourth-order valence-corrected chi connectivity index (χ4v) is 4.82. The molecule has 1 fully saturated rings. The first-order valence-corrected chi connectivity index (χ1v) is 10.7. The van der Waals surface area contributed by atoms with Crippen molar-refractivity contribution in [1.82, 2.24) is 14.7 Å². The molecule has 0 unspecified atom stereocenters. The van der Waals surface area contributed by atoms with E-state index in [1.165, 1.54) is 18.2 Å². The molecule has 32 heavy (non-hydrogen) atoms. The smallest absolute Gasteiger partial charge is 0.335 e. The van der Waals surface area contributed by atoms with E-state index in [1.807, 2.05) is 0 Å². The molecule has 2 atom stereocenters. The Morgan fingerprint density at radius 2 is 1.62 bits per heavy atom. The maximum atomic E-state index is 12.9. The van der Waals surface area contributed by atoms with E-state index in [2.05, 4.69) is 47.1 Å². The van der Waals surface area contributed by atoms with Gasteiger partial charge in [-0.3, -0.25) is 14.6 Å². The third kappa shape index (κ3) is 5.54. The number of hydrogen-bond acceptors (Lipinski definition) is 5. The molecule has 0 saturated carbocycles. The summed E-state index contributed by atoms with van der Waals surface area (Å²) in [4.78, 5) is 31.5. The highest BCUT2D eigenvalue weighted by Gasteiger charge is 2.44. The molecule has 0 spiro atoms. The van der Waals surface area contributed by atoms with Gasteiger partial charge in [-0.15, -0.1) is 24.8 Å². The second kappa shape index (κ2) is 11.3. The number of benzene rings is 1. The molecule has 2 heterocycles. The second-order valence-corrected chi connectivity index (χ2v) is 8.66. The third-order valence-corrected chi connectivity index (χ3v) is 6.60. The van der Waals surface area contributed by atoms with Gasteiger partial charge in [-0.25, -0.2) is 4.79 Å². The van der Waals surface area contributed by atoms with Crippen LogP contribution >= 0.6 is 24.8 Å². The predicted octanol–water partition coefficient (Wildman–Crippen LogP) is 3.05. The molecular weight excluding hydrogens is 449 g/mol. The van der Waals surface area contributed by atoms with Gasteiger partial charge in [0.05, 0.1) is 18.6 Å². The standard InChI is InChI=1S/C24H31N3O3.2ClH/c1-17-4-6-18(7-5-17)14-26-10-12-27(13-11-26)15-19-8-9-20-21(24(29)30-3)16-25(2)23(28)22(19)20;;/h4-8,16,20,22H,9-15H2,1-3H3;2*1H/t20-,22-;;/m1../s1. The van der Waals surface area contributed by atoms with Crippen molar-refractivity contribution in [2.24, 2.45) is 11.8 Å². The van der Waals surface area contributed by atoms with Crippen LogP contribution in [0, 0.1) is 18.8 Å². The monoisotopic (exact) mass is 481 g/mol. The Morgan fingerprint density at radius 3 is 2.22 bits per heavy atom. The number of allylic oxidation sites excluding steroid dienone is 1. The Labute approximate surface area is 203 Å². The van der Waals surface area contributed by atoms with Crippen molar-refractivity contribution in [2.45, 2.75) is 19.9 Å². The van der Waals surface area contributed by atoms with E-state index in [1.54, 1.807) is 18.1 Å². The maximum Gasteiger partial charge on any atom is 0.335 e. The third-order valence-electron chi connectivity index (χ3n) is 6.60. The average Bonchev–Trinajstić information content (AvgIpc) is 3.17. The van der Waals surface area contributed by atoms with Crippen molar-refractivity contribution >= 4 is 36.7 Å². The molecule has 1 saturated heterocycles. The number of methoxy groups -OCH3 is 1. The van der Waals surface area contributed by atoms with Crippen LogP contribution < -0.4 is 0 Å². The number of esters is 1. The molecule has 0 bridgehead atoms. The van der Waals surface area contributed by atoms with Gasteiger partial charge >= 0.3 is 5.97 Å². The highest BCUT2D eigenvalue weighted by atomic mass is 35.5. The van der Waals surface area contributed by atoms with E-state index in [4.69, 9.17) is 4.74 Å². The summed E-state index contributed by atoms with van der Waals surface area (Å²) in [6.07, 6.45) is 4.55. The number of piperazine rings is 1. The van der Waals surface area contributed by atoms with Crippen LogP contribution in [0.1, 0.15) is 17.5 Å². The zero-order chi connectivity index (χ0) is 21.3. The minimum Gasteiger partial charge on any atom is -0.466 e. The Hall–Kier alpha value is -1.86. The van der Waals surface area contributed by atoms with Crippen LogP contribution in [0.4, 0.5) is 0 Å². The number of rotatable bonds is 5. The van der Waals surface area contributed by atoms with Gasteiger partial charge in [-0.1, -0.05) is 35.9 Å². The molecule has 0 N–H and O–H groups in total. The molecule has 6 nitrogen and oxygen atoms in total. The highest BCUT2D eigenvalue weighted by Crippen LogP contribution is 2.41. The number of amides is 1. The molecule has 1 aliphatic carbocycles. The minimum atomic E-state index is -0.330. The highest BCUT2D eigenvalue weighted by molar-refractivity contribution is 5.95. The van der Waals surface area contributed by atoms with E-state index < -0.39 is 0 Å². The molecule has 3 aliphatic rings. The lowest BCUT2D eigenvalue weighted by Gasteiger charge is -2.37. The van der Waals surface area contributed by atoms with Crippen LogP contribution in [-0.4, -0.2) is 73.5 Å². The van der Waals surface area contributed by atoms with Gasteiger partial charge in [0.25, 0.3) is 0 Å². The fraction of sp³-hybridized carbons (Fsp3) is 0.500. The molecule has 1 amide bonds. The lowest BCUT2D eigenvalue weighted by molar-refractivity contribution is -0.138. The Balaban J connectivity index is 0.00000181. The number of carbonyl (C=O) groups is 2. The molecule has 0 aromatic heterocycles. The summed E-state index contributed by atoms with van der Waals surface area (Å²) in [5, 5.41) is 0. The Kier molecular flexibility index (Phi) is 9.34. The van der Waals surface area contributed by atoms with Gasteiger partial charge in [0, 0.05) is 58.4 Å². The van der Waals surface area contributed by atoms with E-state index in [0.717, 1.165) is 51.3 Å². The second-order valence-electron chi connectivity index (χ2n) is 8.66. The Bertz CT molecular complexity index is 877. The van der Waals surface area contributed by atoms with Gasteiger partial charge in [-0.05, 0) is 24.5 Å². The van der Waals surface area contributed by atoms with E-state index in [-0.39, 0.29) is 48.5 Å². The summed E-state index contributed by atoms with van der Waals surface area (Å²) in [7, 11) is 3.12. The normalized spacial score (nSPS) is 23.5. The number of aryl methyl sites for hydroxylation is 1. The number of carbonyl (C=O) groups excluding carboxylic acids is 2. The van der Waals surface area contributed by atoms with Crippen molar-refractivity contribution in [1.29, 1.82) is 0 Å². The van der Waals surface area contributed by atoms with Crippen LogP contribution in [0.3, 0.4) is 0 Å². The van der Waals surface area contributed by atoms with Crippen molar-refractivity contribution in [3.8, 4) is 0 Å². The van der Waals surface area contributed by atoms with Crippen molar-refractivity contribution in [3.05, 3.63) is 58.8 Å². The van der Waals surface area contributed by atoms with E-state index in [9.17, 15) is 9.59 Å². The molecule has 8 heteroatoms. The van der Waals surface area contributed by atoms with Crippen LogP contribution in [-0.2, 0) is 20.9 Å². The molecule has 176 valence electrons. The van der Waals surface area contributed by atoms with Gasteiger partial charge in [0.1, 0.15) is 0 Å². The summed E-state index contributed by atoms with van der Waals surface area (Å²) in [5.74, 6) is -0.572. The molecular formula is C24H33Cl2N3O3. The van der Waals surface area contributed by atoms with Gasteiger partial charge in [0.2, 0.25) is 5.91 Å². The van der Waals surface area contributed by atoms with Crippen LogP contribution in [0.2, 0.25) is 0 Å². The fourth-order valence-electron chi connectivity index (χ4n) is 4.82. The predicted molar refractivity (Wildman–Crippen MR) is 130 cm³/mol. The van der Waals surface area contributed by atoms with Crippen molar-refractivity contribution < 1.29 is 14.3 Å². The van der Waals surface area contributed by atoms with Gasteiger partial charge < -0.3 is 9.64 Å². The minimum absolute atomic E-state index is 0. The average molecular weight is 482 g/mol. The lowest BCUT2D eigenvalue weighted by Crippen LogP contribution is -2.47. The quantitative estimate of drug-likeness (QED) is 0.477. The number of halogens is 2. The summed E-state index contributed by atoms with van der Waals surface area (Å²) >= 11 is 0. The topological polar surface area (TPSA) is 53.1 Å². The summed E-state index contributed by atoms with van der Waals surface area (Å²) < 4.78 is 4.95. The van der Waals surface area contributed by atoms with Crippen LogP contribution in [0.15, 0.2) is 47.7 Å². The number of nitrogens with zero attached hydrogens (tertiary/aromatic N) is 3. The first-order chi connectivity index (χ1) is 14.5. The zero-order valence-electron chi connectivity index (χ0n) is 19.0. The van der Waals surface area contributed by atoms with Gasteiger partial charge in [-0.2, -0.15) is 0 Å². The summed E-state index contributed by atoms with van der Waals surface area (Å²) in [5.41, 5.74) is 4.41. The SMILES string of the molecule is COC(=O)C1=CN(C)C(=O)[C@@H]2C(CN3CCN(Cc4ccc(C)cc4)CC3)=CC[C@H]12.Cl.Cl. The largest absolute Gasteiger partial charge is 0.466 e. The van der Waals surface area contributed by atoms with E-state index >= 15 is 0 Å². The zero-order valence-corrected chi connectivity index (χ0v) is 20.6. The van der Waals surface area contributed by atoms with Crippen molar-refractivity contribution in [2.75, 3.05) is 46.9 Å². The molecule has 2 aliphatic heterocycles. The molecule has 0 radical (unpaired) electrons. The lowest BCUT2D eigenvalue weighted by atomic mass is 9.82. The first-order valence-electron chi connectivity index (χ1n) is 10.7.